The van der Waals surface area contributed by atoms with Gasteiger partial charge in [0.1, 0.15) is 0 Å². The Balaban J connectivity index is 1.92. The topological polar surface area (TPSA) is 12.9 Å². The minimum absolute atomic E-state index is 0.264. The zero-order valence-corrected chi connectivity index (χ0v) is 11.5. The number of nitrogens with zero attached hydrogens (tertiary/aromatic N) is 1. The third-order valence-corrected chi connectivity index (χ3v) is 5.39. The third kappa shape index (κ3) is 2.49. The second-order valence-electron chi connectivity index (χ2n) is 3.76. The molecular weight excluding hydrogens is 322 g/mol. The summed E-state index contributed by atoms with van der Waals surface area (Å²) in [5, 5.41) is 0. The van der Waals surface area contributed by atoms with Crippen LogP contribution in [-0.4, -0.2) is 25.4 Å². The molecule has 82 valence electrons. The fourth-order valence-electron chi connectivity index (χ4n) is 1.69. The van der Waals surface area contributed by atoms with Crippen LogP contribution in [0.5, 0.6) is 0 Å². The van der Waals surface area contributed by atoms with E-state index in [0.29, 0.717) is 0 Å². The zero-order chi connectivity index (χ0) is 11.5. The molecule has 1 nitrogen and oxygen atoms in total. The van der Waals surface area contributed by atoms with E-state index in [-0.39, 0.29) is 20.4 Å². The molecule has 2 aromatic carbocycles. The Morgan fingerprint density at radius 2 is 1.59 bits per heavy atom. The predicted octanol–water partition coefficient (Wildman–Crippen LogP) is 3.46. The Bertz CT molecular complexity index is 620. The number of aromatic nitrogens is 1. The maximum absolute atomic E-state index is 4.65. The van der Waals surface area contributed by atoms with E-state index in [1.54, 1.807) is 0 Å². The summed E-state index contributed by atoms with van der Waals surface area (Å²) in [4.78, 5) is 4.65. The van der Waals surface area contributed by atoms with Gasteiger partial charge < -0.3 is 0 Å². The zero-order valence-electron chi connectivity index (χ0n) is 9.21. The van der Waals surface area contributed by atoms with Gasteiger partial charge in [-0.2, -0.15) is 0 Å². The predicted molar refractivity (Wildman–Crippen MR) is 74.1 cm³/mol. The first kappa shape index (κ1) is 10.8. The van der Waals surface area contributed by atoms with Gasteiger partial charge in [0, 0.05) is 0 Å². The van der Waals surface area contributed by atoms with Crippen molar-refractivity contribution in [1.29, 1.82) is 0 Å². The molecule has 17 heavy (non-hydrogen) atoms. The average molecular weight is 333 g/mol. The molecule has 0 unspecified atom stereocenters. The van der Waals surface area contributed by atoms with Crippen LogP contribution in [0.2, 0.25) is 0 Å². The number of para-hydroxylation sites is 1. The van der Waals surface area contributed by atoms with Crippen LogP contribution in [0.1, 0.15) is 9.27 Å². The minimum atomic E-state index is -0.264. The van der Waals surface area contributed by atoms with E-state index in [4.69, 9.17) is 0 Å². The van der Waals surface area contributed by atoms with Gasteiger partial charge in [0.2, 0.25) is 0 Å². The molecule has 0 atom stereocenters. The van der Waals surface area contributed by atoms with Gasteiger partial charge in [0.15, 0.2) is 0 Å². The molecule has 2 heteroatoms. The molecule has 1 heterocycles. The Kier molecular flexibility index (Phi) is 3.09. The molecule has 0 saturated heterocycles. The van der Waals surface area contributed by atoms with Crippen LogP contribution in [0.15, 0.2) is 54.6 Å². The number of hydrogen-bond acceptors (Lipinski definition) is 1. The second-order valence-corrected chi connectivity index (χ2v) is 6.80. The Morgan fingerprint density at radius 1 is 0.824 bits per heavy atom. The molecule has 0 aliphatic carbocycles. The fourth-order valence-corrected chi connectivity index (χ4v) is 4.18. The summed E-state index contributed by atoms with van der Waals surface area (Å²) in [5.41, 5.74) is 2.40. The Hall–Kier alpha value is -1.36. The van der Waals surface area contributed by atoms with Crippen LogP contribution in [0.3, 0.4) is 0 Å². The van der Waals surface area contributed by atoms with Crippen LogP contribution >= 0.6 is 0 Å². The summed E-state index contributed by atoms with van der Waals surface area (Å²) in [7, 11) is 0. The molecule has 1 aromatic heterocycles. The molecule has 0 radical (unpaired) electrons. The van der Waals surface area contributed by atoms with E-state index >= 15 is 0 Å². The van der Waals surface area contributed by atoms with Crippen molar-refractivity contribution < 1.29 is 0 Å². The van der Waals surface area contributed by atoms with Crippen molar-refractivity contribution >= 4 is 41.5 Å². The van der Waals surface area contributed by atoms with Crippen LogP contribution in [0, 0.1) is 0 Å². The van der Waals surface area contributed by atoms with Crippen molar-refractivity contribution in [2.45, 2.75) is 0 Å². The van der Waals surface area contributed by atoms with E-state index in [0.717, 1.165) is 0 Å². The van der Waals surface area contributed by atoms with Gasteiger partial charge >= 0.3 is 110 Å². The quantitative estimate of drug-likeness (QED) is 0.655. The Labute approximate surface area is 110 Å². The fraction of sp³-hybridized carbons (Fsp3) is 0. The molecule has 0 N–H and O–H groups in total. The van der Waals surface area contributed by atoms with Crippen molar-refractivity contribution in [2.24, 2.45) is 0 Å². The molecule has 0 spiro atoms. The van der Waals surface area contributed by atoms with E-state index in [2.05, 4.69) is 65.7 Å². The van der Waals surface area contributed by atoms with Crippen LogP contribution in [-0.2, 0) is 0 Å². The maximum atomic E-state index is 4.65. The molecule has 3 rings (SSSR count). The first-order chi connectivity index (χ1) is 8.42. The van der Waals surface area contributed by atoms with Gasteiger partial charge in [-0.1, -0.05) is 0 Å². The number of benzene rings is 2. The van der Waals surface area contributed by atoms with E-state index in [1.165, 1.54) is 18.2 Å². The molecule has 0 aliphatic heterocycles. The summed E-state index contributed by atoms with van der Waals surface area (Å²) in [5.74, 6) is 0. The molecule has 0 saturated carbocycles. The molecule has 0 aliphatic rings. The van der Waals surface area contributed by atoms with Gasteiger partial charge in [0.25, 0.3) is 0 Å². The first-order valence-corrected chi connectivity index (χ1v) is 7.83. The first-order valence-electron chi connectivity index (χ1n) is 5.50. The van der Waals surface area contributed by atoms with Crippen LogP contribution in [0.25, 0.3) is 21.1 Å². The number of rotatable bonds is 2. The number of fused-ring (bicyclic) bond motifs is 1. The van der Waals surface area contributed by atoms with Crippen LogP contribution < -0.4 is 0 Å². The SMILES string of the molecule is C(=C\c1nc2ccccc2[te]1)/c1ccccc1. The average Bonchev–Trinajstić information content (AvgIpc) is 2.80. The summed E-state index contributed by atoms with van der Waals surface area (Å²) in [6, 6.07) is 18.8. The van der Waals surface area contributed by atoms with Crippen LogP contribution in [0.4, 0.5) is 0 Å². The summed E-state index contributed by atoms with van der Waals surface area (Å²) < 4.78 is 2.71. The summed E-state index contributed by atoms with van der Waals surface area (Å²) >= 11 is -0.264. The molecule has 0 amide bonds. The van der Waals surface area contributed by atoms with Gasteiger partial charge in [-0.25, -0.2) is 0 Å². The summed E-state index contributed by atoms with van der Waals surface area (Å²) in [6.45, 7) is 0. The Morgan fingerprint density at radius 3 is 2.41 bits per heavy atom. The van der Waals surface area contributed by atoms with E-state index in [9.17, 15) is 0 Å². The molecule has 0 fully saturated rings. The second kappa shape index (κ2) is 4.87. The van der Waals surface area contributed by atoms with Gasteiger partial charge in [-0.15, -0.1) is 0 Å². The molecular formula is C15H11NTe. The van der Waals surface area contributed by atoms with Gasteiger partial charge in [-0.05, 0) is 0 Å². The van der Waals surface area contributed by atoms with E-state index in [1.807, 2.05) is 6.07 Å². The van der Waals surface area contributed by atoms with Crippen molar-refractivity contribution in [3.63, 3.8) is 0 Å². The number of hydrogen-bond donors (Lipinski definition) is 0. The standard InChI is InChI=1S/C15H11NTe/c1-2-6-12(7-3-1)10-11-15-16-13-8-4-5-9-14(13)17-15/h1-11H/b11-10+. The van der Waals surface area contributed by atoms with Gasteiger partial charge in [0.05, 0.1) is 0 Å². The van der Waals surface area contributed by atoms with Crippen molar-refractivity contribution in [2.75, 3.05) is 0 Å². The molecule has 3 aromatic rings. The van der Waals surface area contributed by atoms with Crippen molar-refractivity contribution in [3.05, 3.63) is 63.9 Å². The normalized spacial score (nSPS) is 11.3. The van der Waals surface area contributed by atoms with Gasteiger partial charge in [-0.3, -0.25) is 0 Å². The monoisotopic (exact) mass is 335 g/mol. The third-order valence-electron chi connectivity index (χ3n) is 2.53. The van der Waals surface area contributed by atoms with Crippen molar-refractivity contribution in [3.8, 4) is 0 Å². The van der Waals surface area contributed by atoms with E-state index < -0.39 is 0 Å². The summed E-state index contributed by atoms with van der Waals surface area (Å²) in [6.07, 6.45) is 4.31. The molecule has 0 bridgehead atoms. The van der Waals surface area contributed by atoms with Crippen molar-refractivity contribution in [1.82, 2.24) is 4.98 Å².